The molecular weight excluding hydrogens is 348 g/mol. The van der Waals surface area contributed by atoms with Crippen molar-refractivity contribution in [3.05, 3.63) is 33.3 Å². The van der Waals surface area contributed by atoms with Crippen molar-refractivity contribution in [3.63, 3.8) is 0 Å². The van der Waals surface area contributed by atoms with E-state index in [9.17, 15) is 0 Å². The van der Waals surface area contributed by atoms with E-state index in [0.717, 1.165) is 9.50 Å². The Labute approximate surface area is 142 Å². The Hall–Kier alpha value is -0.0900. The van der Waals surface area contributed by atoms with Gasteiger partial charge in [-0.15, -0.1) is 0 Å². The van der Waals surface area contributed by atoms with Crippen molar-refractivity contribution in [2.24, 2.45) is 0 Å². The molecular formula is C17H26BrClN2. The lowest BCUT2D eigenvalue weighted by molar-refractivity contribution is 0.190. The highest BCUT2D eigenvalue weighted by Crippen LogP contribution is 2.27. The van der Waals surface area contributed by atoms with Gasteiger partial charge in [-0.3, -0.25) is 0 Å². The van der Waals surface area contributed by atoms with Gasteiger partial charge < -0.3 is 10.2 Å². The SMILES string of the molecule is CCCCN1CCC(NC(C)c2ccc(Br)cc2Cl)CC1. The zero-order chi connectivity index (χ0) is 15.2. The van der Waals surface area contributed by atoms with Crippen LogP contribution < -0.4 is 5.32 Å². The third-order valence-electron chi connectivity index (χ3n) is 4.33. The maximum absolute atomic E-state index is 6.34. The van der Waals surface area contributed by atoms with Crippen LogP contribution in [0.25, 0.3) is 0 Å². The molecule has 0 bridgehead atoms. The van der Waals surface area contributed by atoms with Crippen molar-refractivity contribution in [1.29, 1.82) is 0 Å². The van der Waals surface area contributed by atoms with Gasteiger partial charge in [0.05, 0.1) is 0 Å². The minimum absolute atomic E-state index is 0.304. The topological polar surface area (TPSA) is 15.3 Å². The number of piperidine rings is 1. The first-order valence-corrected chi connectivity index (χ1v) is 9.20. The molecule has 1 fully saturated rings. The van der Waals surface area contributed by atoms with Crippen LogP contribution in [0.5, 0.6) is 0 Å². The van der Waals surface area contributed by atoms with E-state index in [-0.39, 0.29) is 0 Å². The van der Waals surface area contributed by atoms with Crippen molar-refractivity contribution in [2.45, 2.75) is 51.6 Å². The van der Waals surface area contributed by atoms with E-state index in [1.54, 1.807) is 0 Å². The summed E-state index contributed by atoms with van der Waals surface area (Å²) >= 11 is 9.80. The Kier molecular flexibility index (Phi) is 7.00. The van der Waals surface area contributed by atoms with Gasteiger partial charge in [0.15, 0.2) is 0 Å². The van der Waals surface area contributed by atoms with Crippen LogP contribution in [0, 0.1) is 0 Å². The van der Waals surface area contributed by atoms with Crippen molar-refractivity contribution >= 4 is 27.5 Å². The van der Waals surface area contributed by atoms with Crippen molar-refractivity contribution < 1.29 is 0 Å². The molecule has 1 N–H and O–H groups in total. The molecule has 2 rings (SSSR count). The second-order valence-electron chi connectivity index (χ2n) is 6.02. The molecule has 1 aliphatic rings. The zero-order valence-electron chi connectivity index (χ0n) is 13.0. The normalized spacial score (nSPS) is 18.9. The lowest BCUT2D eigenvalue weighted by atomic mass is 10.0. The molecule has 0 saturated carbocycles. The lowest BCUT2D eigenvalue weighted by Gasteiger charge is -2.34. The number of hydrogen-bond donors (Lipinski definition) is 1. The summed E-state index contributed by atoms with van der Waals surface area (Å²) < 4.78 is 1.03. The van der Waals surface area contributed by atoms with Gasteiger partial charge in [0.2, 0.25) is 0 Å². The first-order chi connectivity index (χ1) is 10.1. The van der Waals surface area contributed by atoms with Gasteiger partial charge in [-0.1, -0.05) is 46.9 Å². The van der Waals surface area contributed by atoms with Gasteiger partial charge in [-0.2, -0.15) is 0 Å². The Morgan fingerprint density at radius 3 is 2.71 bits per heavy atom. The van der Waals surface area contributed by atoms with Gasteiger partial charge in [-0.25, -0.2) is 0 Å². The summed E-state index contributed by atoms with van der Waals surface area (Å²) in [5, 5.41) is 4.58. The fourth-order valence-electron chi connectivity index (χ4n) is 3.00. The van der Waals surface area contributed by atoms with E-state index in [2.05, 4.69) is 52.1 Å². The molecule has 0 amide bonds. The molecule has 1 heterocycles. The van der Waals surface area contributed by atoms with E-state index >= 15 is 0 Å². The monoisotopic (exact) mass is 372 g/mol. The van der Waals surface area contributed by atoms with Crippen molar-refractivity contribution in [2.75, 3.05) is 19.6 Å². The number of hydrogen-bond acceptors (Lipinski definition) is 2. The molecule has 1 saturated heterocycles. The van der Waals surface area contributed by atoms with Crippen molar-refractivity contribution in [3.8, 4) is 0 Å². The fourth-order valence-corrected chi connectivity index (χ4v) is 3.84. The molecule has 2 nitrogen and oxygen atoms in total. The maximum atomic E-state index is 6.34. The average molecular weight is 374 g/mol. The molecule has 0 radical (unpaired) electrons. The van der Waals surface area contributed by atoms with Gasteiger partial charge in [0.25, 0.3) is 0 Å². The van der Waals surface area contributed by atoms with Gasteiger partial charge in [0, 0.05) is 21.6 Å². The van der Waals surface area contributed by atoms with Crippen molar-refractivity contribution in [1.82, 2.24) is 10.2 Å². The Bertz CT molecular complexity index is 444. The molecule has 1 unspecified atom stereocenters. The van der Waals surface area contributed by atoms with Gasteiger partial charge >= 0.3 is 0 Å². The standard InChI is InChI=1S/C17H26BrClN2/c1-3-4-9-21-10-7-15(8-11-21)20-13(2)16-6-5-14(18)12-17(16)19/h5-6,12-13,15,20H,3-4,7-11H2,1-2H3. The average Bonchev–Trinajstić information content (AvgIpc) is 2.46. The van der Waals surface area contributed by atoms with Crippen LogP contribution in [0.3, 0.4) is 0 Å². The van der Waals surface area contributed by atoms with Gasteiger partial charge in [0.1, 0.15) is 0 Å². The molecule has 1 aliphatic heterocycles. The minimum Gasteiger partial charge on any atom is -0.307 e. The maximum Gasteiger partial charge on any atom is 0.0464 e. The van der Waals surface area contributed by atoms with E-state index in [1.165, 1.54) is 50.9 Å². The minimum atomic E-state index is 0.304. The number of nitrogens with one attached hydrogen (secondary N) is 1. The molecule has 0 spiro atoms. The first kappa shape index (κ1) is 17.3. The largest absolute Gasteiger partial charge is 0.307 e. The third-order valence-corrected chi connectivity index (χ3v) is 5.15. The summed E-state index contributed by atoms with van der Waals surface area (Å²) in [4.78, 5) is 2.60. The van der Waals surface area contributed by atoms with E-state index in [0.29, 0.717) is 12.1 Å². The highest BCUT2D eigenvalue weighted by Gasteiger charge is 2.21. The fraction of sp³-hybridized carbons (Fsp3) is 0.647. The number of likely N-dealkylation sites (tertiary alicyclic amines) is 1. The summed E-state index contributed by atoms with van der Waals surface area (Å²) in [6, 6.07) is 7.06. The lowest BCUT2D eigenvalue weighted by Crippen LogP contribution is -2.43. The van der Waals surface area contributed by atoms with Crippen LogP contribution in [0.1, 0.15) is 51.1 Å². The number of halogens is 2. The summed E-state index contributed by atoms with van der Waals surface area (Å²) in [6.45, 7) is 8.17. The Morgan fingerprint density at radius 2 is 2.10 bits per heavy atom. The van der Waals surface area contributed by atoms with Crippen LogP contribution in [-0.2, 0) is 0 Å². The third kappa shape index (κ3) is 5.24. The van der Waals surface area contributed by atoms with E-state index < -0.39 is 0 Å². The van der Waals surface area contributed by atoms with Gasteiger partial charge in [-0.05, 0) is 63.5 Å². The molecule has 0 aliphatic carbocycles. The zero-order valence-corrected chi connectivity index (χ0v) is 15.4. The van der Waals surface area contributed by atoms with E-state index in [1.807, 2.05) is 6.07 Å². The molecule has 0 aromatic heterocycles. The highest BCUT2D eigenvalue weighted by atomic mass is 79.9. The second-order valence-corrected chi connectivity index (χ2v) is 7.35. The molecule has 1 aromatic rings. The quantitative estimate of drug-likeness (QED) is 0.753. The van der Waals surface area contributed by atoms with Crippen LogP contribution in [0.4, 0.5) is 0 Å². The Balaban J connectivity index is 1.82. The van der Waals surface area contributed by atoms with Crippen LogP contribution in [0.15, 0.2) is 22.7 Å². The number of nitrogens with zero attached hydrogens (tertiary/aromatic N) is 1. The summed E-state index contributed by atoms with van der Waals surface area (Å²) in [5.41, 5.74) is 1.19. The summed E-state index contributed by atoms with van der Waals surface area (Å²) in [6.07, 6.45) is 5.09. The summed E-state index contributed by atoms with van der Waals surface area (Å²) in [5.74, 6) is 0. The predicted molar refractivity (Wildman–Crippen MR) is 95.1 cm³/mol. The Morgan fingerprint density at radius 1 is 1.38 bits per heavy atom. The number of benzene rings is 1. The number of rotatable bonds is 6. The molecule has 21 heavy (non-hydrogen) atoms. The van der Waals surface area contributed by atoms with E-state index in [4.69, 9.17) is 11.6 Å². The van der Waals surface area contributed by atoms with Crippen LogP contribution >= 0.6 is 27.5 Å². The molecule has 1 aromatic carbocycles. The van der Waals surface area contributed by atoms with Crippen LogP contribution in [0.2, 0.25) is 5.02 Å². The molecule has 1 atom stereocenters. The molecule has 4 heteroatoms. The number of unbranched alkanes of at least 4 members (excludes halogenated alkanes) is 1. The first-order valence-electron chi connectivity index (χ1n) is 8.03. The predicted octanol–water partition coefficient (Wildman–Crippen LogP) is 5.02. The van der Waals surface area contributed by atoms with Crippen LogP contribution in [-0.4, -0.2) is 30.6 Å². The smallest absolute Gasteiger partial charge is 0.0464 e. The summed E-state index contributed by atoms with van der Waals surface area (Å²) in [7, 11) is 0. The second kappa shape index (κ2) is 8.52. The molecule has 118 valence electrons. The highest BCUT2D eigenvalue weighted by molar-refractivity contribution is 9.10.